The van der Waals surface area contributed by atoms with Crippen LogP contribution in [0.1, 0.15) is 27.5 Å². The van der Waals surface area contributed by atoms with Gasteiger partial charge in [-0.25, -0.2) is 4.39 Å². The van der Waals surface area contributed by atoms with E-state index in [9.17, 15) is 9.18 Å². The Kier molecular flexibility index (Phi) is 6.16. The van der Waals surface area contributed by atoms with Gasteiger partial charge in [0, 0.05) is 36.5 Å². The van der Waals surface area contributed by atoms with Crippen LogP contribution in [0.15, 0.2) is 42.5 Å². The summed E-state index contributed by atoms with van der Waals surface area (Å²) in [7, 11) is 1.63. The topological polar surface area (TPSA) is 41.6 Å². The zero-order chi connectivity index (χ0) is 18.5. The third kappa shape index (κ3) is 3.86. The predicted molar refractivity (Wildman–Crippen MR) is 103 cm³/mol. The molecule has 1 aliphatic heterocycles. The number of carbonyl (C=O) groups is 1. The van der Waals surface area contributed by atoms with Crippen molar-refractivity contribution in [1.82, 2.24) is 10.2 Å². The van der Waals surface area contributed by atoms with E-state index in [-0.39, 0.29) is 17.8 Å². The van der Waals surface area contributed by atoms with Gasteiger partial charge in [-0.15, -0.1) is 0 Å². The minimum atomic E-state index is -0.266. The summed E-state index contributed by atoms with van der Waals surface area (Å²) in [5.41, 5.74) is 2.06. The number of ether oxygens (including phenoxy) is 1. The molecule has 2 aromatic rings. The molecule has 0 bridgehead atoms. The quantitative estimate of drug-likeness (QED) is 0.870. The lowest BCUT2D eigenvalue weighted by atomic mass is 10.0. The number of benzene rings is 2. The van der Waals surface area contributed by atoms with Crippen molar-refractivity contribution in [2.45, 2.75) is 11.8 Å². The molecular formula is C20H23FN2O2S. The molecule has 0 aromatic heterocycles. The molecule has 1 heterocycles. The highest BCUT2D eigenvalue weighted by Crippen LogP contribution is 2.31. The predicted octanol–water partition coefficient (Wildman–Crippen LogP) is 3.48. The minimum Gasteiger partial charge on any atom is -0.496 e. The molecule has 2 aromatic carbocycles. The van der Waals surface area contributed by atoms with Crippen LogP contribution in [-0.4, -0.2) is 43.8 Å². The van der Waals surface area contributed by atoms with Crippen molar-refractivity contribution in [2.24, 2.45) is 0 Å². The monoisotopic (exact) mass is 374 g/mol. The fraction of sp³-hybridized carbons (Fsp3) is 0.350. The third-order valence-corrected chi connectivity index (χ3v) is 5.19. The number of rotatable bonds is 5. The first-order valence-electron chi connectivity index (χ1n) is 8.57. The maximum Gasteiger partial charge on any atom is 0.254 e. The molecular weight excluding hydrogens is 351 g/mol. The summed E-state index contributed by atoms with van der Waals surface area (Å²) >= 11 is 1.54. The molecule has 1 aliphatic rings. The average Bonchev–Trinajstić information content (AvgIpc) is 2.69. The van der Waals surface area contributed by atoms with E-state index < -0.39 is 0 Å². The van der Waals surface area contributed by atoms with Crippen molar-refractivity contribution >= 4 is 17.7 Å². The number of carbonyl (C=O) groups excluding carboxylic acids is 1. The number of piperazine rings is 1. The van der Waals surface area contributed by atoms with Crippen molar-refractivity contribution in [1.29, 1.82) is 0 Å². The van der Waals surface area contributed by atoms with Crippen LogP contribution >= 0.6 is 11.8 Å². The molecule has 1 fully saturated rings. The first-order chi connectivity index (χ1) is 12.7. The van der Waals surface area contributed by atoms with Crippen molar-refractivity contribution in [3.63, 3.8) is 0 Å². The van der Waals surface area contributed by atoms with E-state index in [0.29, 0.717) is 30.0 Å². The summed E-state index contributed by atoms with van der Waals surface area (Å²) in [6.07, 6.45) is 1.92. The molecule has 1 atom stereocenters. The maximum atomic E-state index is 13.9. The van der Waals surface area contributed by atoms with Crippen LogP contribution in [-0.2, 0) is 5.75 Å². The Morgan fingerprint density at radius 1 is 1.35 bits per heavy atom. The number of para-hydroxylation sites is 1. The number of methoxy groups -OCH3 is 1. The smallest absolute Gasteiger partial charge is 0.254 e. The SMILES string of the molecule is COc1ccccc1C1CNCCN1C(=O)c1ccc(F)c(CSC)c1. The summed E-state index contributed by atoms with van der Waals surface area (Å²) in [5, 5.41) is 3.35. The van der Waals surface area contributed by atoms with E-state index in [1.54, 1.807) is 19.2 Å². The summed E-state index contributed by atoms with van der Waals surface area (Å²) < 4.78 is 19.4. The zero-order valence-corrected chi connectivity index (χ0v) is 15.8. The standard InChI is InChI=1S/C20H23FN2O2S/c1-25-19-6-4-3-5-16(19)18-12-22-9-10-23(18)20(24)14-7-8-17(21)15(11-14)13-26-2/h3-8,11,18,22H,9-10,12-13H2,1-2H3. The summed E-state index contributed by atoms with van der Waals surface area (Å²) in [6, 6.07) is 12.3. The number of hydrogen-bond donors (Lipinski definition) is 1. The van der Waals surface area contributed by atoms with Gasteiger partial charge in [0.05, 0.1) is 13.2 Å². The first-order valence-corrected chi connectivity index (χ1v) is 9.97. The van der Waals surface area contributed by atoms with Gasteiger partial charge in [0.1, 0.15) is 11.6 Å². The fourth-order valence-corrected chi connectivity index (χ4v) is 3.84. The summed E-state index contributed by atoms with van der Waals surface area (Å²) in [6.45, 7) is 1.98. The lowest BCUT2D eigenvalue weighted by Gasteiger charge is -2.37. The van der Waals surface area contributed by atoms with Crippen molar-refractivity contribution in [3.05, 3.63) is 65.0 Å². The van der Waals surface area contributed by atoms with Crippen molar-refractivity contribution in [2.75, 3.05) is 33.0 Å². The Morgan fingerprint density at radius 3 is 2.92 bits per heavy atom. The number of nitrogens with one attached hydrogen (secondary N) is 1. The van der Waals surface area contributed by atoms with Crippen LogP contribution in [0.3, 0.4) is 0 Å². The van der Waals surface area contributed by atoms with Crippen molar-refractivity contribution < 1.29 is 13.9 Å². The third-order valence-electron chi connectivity index (χ3n) is 4.59. The molecule has 1 unspecified atom stereocenters. The van der Waals surface area contributed by atoms with Gasteiger partial charge in [-0.05, 0) is 36.1 Å². The lowest BCUT2D eigenvalue weighted by molar-refractivity contribution is 0.0631. The van der Waals surface area contributed by atoms with E-state index in [1.807, 2.05) is 35.4 Å². The molecule has 26 heavy (non-hydrogen) atoms. The molecule has 1 N–H and O–H groups in total. The van der Waals surface area contributed by atoms with Crippen molar-refractivity contribution in [3.8, 4) is 5.75 Å². The van der Waals surface area contributed by atoms with Gasteiger partial charge in [-0.3, -0.25) is 4.79 Å². The molecule has 4 nitrogen and oxygen atoms in total. The first kappa shape index (κ1) is 18.7. The number of hydrogen-bond acceptors (Lipinski definition) is 4. The molecule has 0 radical (unpaired) electrons. The van der Waals surface area contributed by atoms with Crippen LogP contribution < -0.4 is 10.1 Å². The zero-order valence-electron chi connectivity index (χ0n) is 15.0. The second-order valence-electron chi connectivity index (χ2n) is 6.20. The second-order valence-corrected chi connectivity index (χ2v) is 7.07. The highest BCUT2D eigenvalue weighted by atomic mass is 32.2. The van der Waals surface area contributed by atoms with Gasteiger partial charge in [0.15, 0.2) is 0 Å². The van der Waals surface area contributed by atoms with Crippen LogP contribution in [0.4, 0.5) is 4.39 Å². The Balaban J connectivity index is 1.92. The van der Waals surface area contributed by atoms with E-state index in [2.05, 4.69) is 5.32 Å². The molecule has 1 saturated heterocycles. The highest BCUT2D eigenvalue weighted by molar-refractivity contribution is 7.97. The van der Waals surface area contributed by atoms with Crippen LogP contribution in [0.5, 0.6) is 5.75 Å². The van der Waals surface area contributed by atoms with Crippen LogP contribution in [0.2, 0.25) is 0 Å². The Labute approximate surface area is 157 Å². The summed E-state index contributed by atoms with van der Waals surface area (Å²) in [5.74, 6) is 0.966. The largest absolute Gasteiger partial charge is 0.496 e. The fourth-order valence-electron chi connectivity index (χ4n) is 3.31. The molecule has 0 aliphatic carbocycles. The Bertz CT molecular complexity index is 784. The Hall–Kier alpha value is -2.05. The molecule has 138 valence electrons. The van der Waals surface area contributed by atoms with E-state index in [0.717, 1.165) is 17.9 Å². The molecule has 6 heteroatoms. The van der Waals surface area contributed by atoms with E-state index in [4.69, 9.17) is 4.74 Å². The lowest BCUT2D eigenvalue weighted by Crippen LogP contribution is -2.48. The van der Waals surface area contributed by atoms with Gasteiger partial charge < -0.3 is 15.0 Å². The molecule has 1 amide bonds. The second kappa shape index (κ2) is 8.56. The molecule has 0 saturated carbocycles. The maximum absolute atomic E-state index is 13.9. The normalized spacial score (nSPS) is 17.2. The van der Waals surface area contributed by atoms with Crippen LogP contribution in [0.25, 0.3) is 0 Å². The number of halogens is 1. The average molecular weight is 374 g/mol. The number of amides is 1. The molecule has 3 rings (SSSR count). The van der Waals surface area contributed by atoms with E-state index >= 15 is 0 Å². The van der Waals surface area contributed by atoms with Gasteiger partial charge in [0.25, 0.3) is 5.91 Å². The van der Waals surface area contributed by atoms with Crippen LogP contribution in [0, 0.1) is 5.82 Å². The van der Waals surface area contributed by atoms with Gasteiger partial charge >= 0.3 is 0 Å². The van der Waals surface area contributed by atoms with E-state index in [1.165, 1.54) is 17.8 Å². The van der Waals surface area contributed by atoms with Gasteiger partial charge in [0.2, 0.25) is 0 Å². The number of nitrogens with zero attached hydrogens (tertiary/aromatic N) is 1. The minimum absolute atomic E-state index is 0.0789. The number of thioether (sulfide) groups is 1. The Morgan fingerprint density at radius 2 is 2.15 bits per heavy atom. The van der Waals surface area contributed by atoms with Gasteiger partial charge in [-0.2, -0.15) is 11.8 Å². The molecule has 0 spiro atoms. The summed E-state index contributed by atoms with van der Waals surface area (Å²) in [4.78, 5) is 15.0. The highest BCUT2D eigenvalue weighted by Gasteiger charge is 2.30. The van der Waals surface area contributed by atoms with Gasteiger partial charge in [-0.1, -0.05) is 18.2 Å².